The van der Waals surface area contributed by atoms with Gasteiger partial charge in [0, 0.05) is 19.1 Å². The van der Waals surface area contributed by atoms with Crippen molar-refractivity contribution in [1.29, 1.82) is 0 Å². The van der Waals surface area contributed by atoms with Crippen molar-refractivity contribution >= 4 is 23.5 Å². The number of rotatable bonds is 4. The van der Waals surface area contributed by atoms with Crippen LogP contribution < -0.4 is 9.80 Å². The highest BCUT2D eigenvalue weighted by Crippen LogP contribution is 2.25. The van der Waals surface area contributed by atoms with Gasteiger partial charge in [0.05, 0.1) is 0 Å². The fourth-order valence-corrected chi connectivity index (χ4v) is 2.35. The third-order valence-electron chi connectivity index (χ3n) is 3.20. The number of alkyl halides is 3. The van der Waals surface area contributed by atoms with Crippen molar-refractivity contribution < 1.29 is 13.2 Å². The van der Waals surface area contributed by atoms with E-state index in [1.807, 2.05) is 4.90 Å². The normalized spacial score (nSPS) is 15.9. The smallest absolute Gasteiger partial charge is 0.341 e. The average molecular weight is 324 g/mol. The van der Waals surface area contributed by atoms with Gasteiger partial charge in [-0.05, 0) is 38.3 Å². The standard InChI is InChI=1S/C12H17ClF3N5/c1-8(2)21(7-12(14,15)16)11-18-9(13)17-10(19-11)20-5-3-4-6-20/h8H,3-7H2,1-2H3. The third kappa shape index (κ3) is 4.33. The van der Waals surface area contributed by atoms with Gasteiger partial charge in [-0.2, -0.15) is 28.1 Å². The molecule has 1 aliphatic rings. The average Bonchev–Trinajstić information content (AvgIpc) is 2.87. The van der Waals surface area contributed by atoms with Gasteiger partial charge in [-0.15, -0.1) is 0 Å². The molecule has 21 heavy (non-hydrogen) atoms. The first kappa shape index (κ1) is 16.1. The molecule has 1 aliphatic heterocycles. The van der Waals surface area contributed by atoms with Crippen LogP contribution in [0.25, 0.3) is 0 Å². The Morgan fingerprint density at radius 3 is 2.33 bits per heavy atom. The topological polar surface area (TPSA) is 45.2 Å². The molecule has 1 saturated heterocycles. The van der Waals surface area contributed by atoms with Crippen molar-refractivity contribution in [1.82, 2.24) is 15.0 Å². The summed E-state index contributed by atoms with van der Waals surface area (Å²) >= 11 is 5.85. The lowest BCUT2D eigenvalue weighted by molar-refractivity contribution is -0.120. The van der Waals surface area contributed by atoms with Crippen LogP contribution in [0.1, 0.15) is 26.7 Å². The first-order valence-corrected chi connectivity index (χ1v) is 7.14. The van der Waals surface area contributed by atoms with Gasteiger partial charge in [-0.3, -0.25) is 0 Å². The fourth-order valence-electron chi connectivity index (χ4n) is 2.19. The molecular formula is C12H17ClF3N5. The minimum Gasteiger partial charge on any atom is -0.341 e. The molecule has 9 heteroatoms. The Morgan fingerprint density at radius 1 is 1.19 bits per heavy atom. The van der Waals surface area contributed by atoms with Crippen LogP contribution in [0.15, 0.2) is 0 Å². The van der Waals surface area contributed by atoms with E-state index in [-0.39, 0.29) is 11.2 Å². The Bertz CT molecular complexity index is 488. The maximum Gasteiger partial charge on any atom is 0.406 e. The van der Waals surface area contributed by atoms with E-state index in [0.717, 1.165) is 30.8 Å². The van der Waals surface area contributed by atoms with Gasteiger partial charge in [-0.1, -0.05) is 0 Å². The van der Waals surface area contributed by atoms with Crippen molar-refractivity contribution in [2.75, 3.05) is 29.4 Å². The lowest BCUT2D eigenvalue weighted by Crippen LogP contribution is -2.40. The molecule has 1 aromatic rings. The molecule has 0 saturated carbocycles. The highest BCUT2D eigenvalue weighted by molar-refractivity contribution is 6.28. The van der Waals surface area contributed by atoms with Crippen LogP contribution in [0.3, 0.4) is 0 Å². The van der Waals surface area contributed by atoms with E-state index in [0.29, 0.717) is 5.95 Å². The molecule has 0 unspecified atom stereocenters. The molecule has 0 spiro atoms. The van der Waals surface area contributed by atoms with Crippen LogP contribution in [0.2, 0.25) is 5.28 Å². The fraction of sp³-hybridized carbons (Fsp3) is 0.750. The first-order valence-electron chi connectivity index (χ1n) is 6.76. The number of halogens is 4. The molecular weight excluding hydrogens is 307 g/mol. The molecule has 0 radical (unpaired) electrons. The van der Waals surface area contributed by atoms with Gasteiger partial charge in [0.1, 0.15) is 6.54 Å². The second-order valence-corrected chi connectivity index (χ2v) is 5.57. The van der Waals surface area contributed by atoms with Crippen LogP contribution in [-0.2, 0) is 0 Å². The Labute approximate surface area is 126 Å². The Hall–Kier alpha value is -1.31. The maximum absolute atomic E-state index is 12.7. The lowest BCUT2D eigenvalue weighted by atomic mass is 10.3. The van der Waals surface area contributed by atoms with E-state index in [4.69, 9.17) is 11.6 Å². The molecule has 2 heterocycles. The van der Waals surface area contributed by atoms with E-state index >= 15 is 0 Å². The predicted molar refractivity (Wildman–Crippen MR) is 74.8 cm³/mol. The molecule has 5 nitrogen and oxygen atoms in total. The van der Waals surface area contributed by atoms with E-state index in [2.05, 4.69) is 15.0 Å². The zero-order valence-electron chi connectivity index (χ0n) is 11.9. The number of anilines is 2. The van der Waals surface area contributed by atoms with Crippen LogP contribution in [0.4, 0.5) is 25.1 Å². The summed E-state index contributed by atoms with van der Waals surface area (Å²) in [7, 11) is 0. The molecule has 1 fully saturated rings. The first-order chi connectivity index (χ1) is 9.76. The minimum atomic E-state index is -4.34. The van der Waals surface area contributed by atoms with Crippen molar-refractivity contribution in [2.24, 2.45) is 0 Å². The zero-order chi connectivity index (χ0) is 15.6. The van der Waals surface area contributed by atoms with Crippen molar-refractivity contribution in [3.8, 4) is 0 Å². The molecule has 2 rings (SSSR count). The summed E-state index contributed by atoms with van der Waals surface area (Å²) < 4.78 is 38.1. The highest BCUT2D eigenvalue weighted by Gasteiger charge is 2.33. The molecule has 1 aromatic heterocycles. The van der Waals surface area contributed by atoms with Gasteiger partial charge >= 0.3 is 6.18 Å². The Balaban J connectivity index is 2.31. The largest absolute Gasteiger partial charge is 0.406 e. The summed E-state index contributed by atoms with van der Waals surface area (Å²) in [4.78, 5) is 15.0. The van der Waals surface area contributed by atoms with Crippen LogP contribution in [0, 0.1) is 0 Å². The van der Waals surface area contributed by atoms with Gasteiger partial charge in [-0.25, -0.2) is 0 Å². The zero-order valence-corrected chi connectivity index (χ0v) is 12.6. The van der Waals surface area contributed by atoms with Crippen molar-refractivity contribution in [2.45, 2.75) is 38.9 Å². The highest BCUT2D eigenvalue weighted by atomic mass is 35.5. The van der Waals surface area contributed by atoms with Crippen LogP contribution in [0.5, 0.6) is 0 Å². The van der Waals surface area contributed by atoms with E-state index < -0.39 is 18.8 Å². The summed E-state index contributed by atoms with van der Waals surface area (Å²) in [6.45, 7) is 3.74. The van der Waals surface area contributed by atoms with E-state index in [1.165, 1.54) is 0 Å². The molecule has 0 N–H and O–H groups in total. The number of hydrogen-bond acceptors (Lipinski definition) is 5. The molecule has 0 atom stereocenters. The predicted octanol–water partition coefficient (Wildman–Crippen LogP) is 2.90. The van der Waals surface area contributed by atoms with Crippen LogP contribution >= 0.6 is 11.6 Å². The number of hydrogen-bond donors (Lipinski definition) is 0. The van der Waals surface area contributed by atoms with Gasteiger partial charge in [0.25, 0.3) is 0 Å². The van der Waals surface area contributed by atoms with Crippen LogP contribution in [-0.4, -0.2) is 46.8 Å². The molecule has 118 valence electrons. The molecule has 0 aromatic carbocycles. The van der Waals surface area contributed by atoms with Gasteiger partial charge in [0.15, 0.2) is 0 Å². The summed E-state index contributed by atoms with van der Waals surface area (Å²) in [5.41, 5.74) is 0. The SMILES string of the molecule is CC(C)N(CC(F)(F)F)c1nc(Cl)nc(N2CCCC2)n1. The quantitative estimate of drug-likeness (QED) is 0.852. The Kier molecular flexibility index (Phi) is 4.75. The van der Waals surface area contributed by atoms with Gasteiger partial charge < -0.3 is 9.80 Å². The van der Waals surface area contributed by atoms with E-state index in [9.17, 15) is 13.2 Å². The number of nitrogens with zero attached hydrogens (tertiary/aromatic N) is 5. The minimum absolute atomic E-state index is 0.0378. The second kappa shape index (κ2) is 6.21. The lowest BCUT2D eigenvalue weighted by Gasteiger charge is -2.28. The van der Waals surface area contributed by atoms with Crippen molar-refractivity contribution in [3.63, 3.8) is 0 Å². The molecule has 0 bridgehead atoms. The van der Waals surface area contributed by atoms with Gasteiger partial charge in [0.2, 0.25) is 17.2 Å². The summed E-state index contributed by atoms with van der Waals surface area (Å²) in [5.74, 6) is 0.305. The van der Waals surface area contributed by atoms with Crippen molar-refractivity contribution in [3.05, 3.63) is 5.28 Å². The Morgan fingerprint density at radius 2 is 1.81 bits per heavy atom. The maximum atomic E-state index is 12.7. The number of aromatic nitrogens is 3. The third-order valence-corrected chi connectivity index (χ3v) is 3.37. The monoisotopic (exact) mass is 323 g/mol. The van der Waals surface area contributed by atoms with E-state index in [1.54, 1.807) is 13.8 Å². The molecule has 0 aliphatic carbocycles. The second-order valence-electron chi connectivity index (χ2n) is 5.24. The molecule has 0 amide bonds. The summed E-state index contributed by atoms with van der Waals surface area (Å²) in [6, 6.07) is -0.406. The summed E-state index contributed by atoms with van der Waals surface area (Å²) in [5, 5.41) is -0.0882. The summed E-state index contributed by atoms with van der Waals surface area (Å²) in [6.07, 6.45) is -2.32.